The van der Waals surface area contributed by atoms with Gasteiger partial charge >= 0.3 is 0 Å². The summed E-state index contributed by atoms with van der Waals surface area (Å²) in [4.78, 5) is 5.13. The van der Waals surface area contributed by atoms with E-state index in [4.69, 9.17) is 4.74 Å². The molecule has 0 saturated carbocycles. The zero-order valence-corrected chi connectivity index (χ0v) is 10.3. The van der Waals surface area contributed by atoms with Gasteiger partial charge in [-0.2, -0.15) is 0 Å². The summed E-state index contributed by atoms with van der Waals surface area (Å²) in [6, 6.07) is 0. The maximum absolute atomic E-state index is 5.66. The molecule has 2 nitrogen and oxygen atoms in total. The van der Waals surface area contributed by atoms with Crippen molar-refractivity contribution in [3.63, 3.8) is 0 Å². The van der Waals surface area contributed by atoms with Crippen molar-refractivity contribution in [2.75, 3.05) is 6.26 Å². The maximum Gasteiger partial charge on any atom is 0.150 e. The quantitative estimate of drug-likeness (QED) is 0.780. The Kier molecular flexibility index (Phi) is 4.06. The van der Waals surface area contributed by atoms with E-state index in [1.54, 1.807) is 18.0 Å². The van der Waals surface area contributed by atoms with Crippen LogP contribution in [-0.4, -0.2) is 17.3 Å². The summed E-state index contributed by atoms with van der Waals surface area (Å²) in [5.41, 5.74) is 0. The predicted molar refractivity (Wildman–Crippen MR) is 59.5 cm³/mol. The molecule has 0 unspecified atom stereocenters. The van der Waals surface area contributed by atoms with Crippen LogP contribution < -0.4 is 4.74 Å². The largest absolute Gasteiger partial charge is 0.489 e. The SMILES string of the molecule is CSc1cncc(Br)c1OC(C)C. The summed E-state index contributed by atoms with van der Waals surface area (Å²) < 4.78 is 6.57. The average molecular weight is 262 g/mol. The first kappa shape index (κ1) is 10.9. The highest BCUT2D eigenvalue weighted by Crippen LogP contribution is 2.34. The summed E-state index contributed by atoms with van der Waals surface area (Å²) in [7, 11) is 0. The fourth-order valence-electron chi connectivity index (χ4n) is 0.901. The molecule has 0 radical (unpaired) electrons. The third-order valence-electron chi connectivity index (χ3n) is 1.39. The van der Waals surface area contributed by atoms with Crippen LogP contribution in [-0.2, 0) is 0 Å². The van der Waals surface area contributed by atoms with E-state index in [2.05, 4.69) is 20.9 Å². The van der Waals surface area contributed by atoms with Crippen LogP contribution in [0.15, 0.2) is 21.8 Å². The van der Waals surface area contributed by atoms with Crippen LogP contribution >= 0.6 is 27.7 Å². The van der Waals surface area contributed by atoms with Crippen LogP contribution in [0.4, 0.5) is 0 Å². The third-order valence-corrected chi connectivity index (χ3v) is 2.69. The lowest BCUT2D eigenvalue weighted by Crippen LogP contribution is -2.07. The third kappa shape index (κ3) is 2.88. The van der Waals surface area contributed by atoms with Crippen molar-refractivity contribution in [2.24, 2.45) is 0 Å². The molecule has 0 bridgehead atoms. The lowest BCUT2D eigenvalue weighted by atomic mass is 10.4. The lowest BCUT2D eigenvalue weighted by molar-refractivity contribution is 0.234. The molecule has 13 heavy (non-hydrogen) atoms. The summed E-state index contributed by atoms with van der Waals surface area (Å²) in [5, 5.41) is 0. The predicted octanol–water partition coefficient (Wildman–Crippen LogP) is 3.35. The van der Waals surface area contributed by atoms with Gasteiger partial charge in [0.2, 0.25) is 0 Å². The molecule has 1 aromatic heterocycles. The van der Waals surface area contributed by atoms with Crippen LogP contribution in [0.3, 0.4) is 0 Å². The molecule has 0 fully saturated rings. The molecule has 0 saturated heterocycles. The number of rotatable bonds is 3. The normalized spacial score (nSPS) is 10.5. The van der Waals surface area contributed by atoms with Crippen molar-refractivity contribution < 1.29 is 4.74 Å². The molecule has 0 aromatic carbocycles. The smallest absolute Gasteiger partial charge is 0.150 e. The Hall–Kier alpha value is -0.220. The minimum atomic E-state index is 0.185. The van der Waals surface area contributed by atoms with E-state index in [0.717, 1.165) is 15.1 Å². The fourth-order valence-corrected chi connectivity index (χ4v) is 1.97. The number of ether oxygens (including phenoxy) is 1. The fraction of sp³-hybridized carbons (Fsp3) is 0.444. The van der Waals surface area contributed by atoms with Gasteiger partial charge in [-0.05, 0) is 36.0 Å². The molecule has 0 amide bonds. The van der Waals surface area contributed by atoms with Crippen LogP contribution in [0.5, 0.6) is 5.75 Å². The van der Waals surface area contributed by atoms with Gasteiger partial charge in [-0.15, -0.1) is 11.8 Å². The van der Waals surface area contributed by atoms with Crippen LogP contribution in [0.1, 0.15) is 13.8 Å². The number of thioether (sulfide) groups is 1. The Morgan fingerprint density at radius 1 is 1.46 bits per heavy atom. The van der Waals surface area contributed by atoms with Gasteiger partial charge in [0.25, 0.3) is 0 Å². The maximum atomic E-state index is 5.66. The van der Waals surface area contributed by atoms with Crippen LogP contribution in [0, 0.1) is 0 Å². The van der Waals surface area contributed by atoms with E-state index in [0.29, 0.717) is 0 Å². The molecular formula is C9H12BrNOS. The summed E-state index contributed by atoms with van der Waals surface area (Å²) in [5.74, 6) is 0.887. The lowest BCUT2D eigenvalue weighted by Gasteiger charge is -2.13. The first-order valence-corrected chi connectivity index (χ1v) is 6.01. The monoisotopic (exact) mass is 261 g/mol. The van der Waals surface area contributed by atoms with Crippen molar-refractivity contribution in [3.05, 3.63) is 16.9 Å². The van der Waals surface area contributed by atoms with Gasteiger partial charge in [-0.1, -0.05) is 0 Å². The number of halogens is 1. The first-order chi connectivity index (χ1) is 6.15. The number of hydrogen-bond donors (Lipinski definition) is 0. The second-order valence-corrected chi connectivity index (χ2v) is 4.52. The number of pyridine rings is 1. The van der Waals surface area contributed by atoms with Gasteiger partial charge in [0.15, 0.2) is 5.75 Å². The molecule has 0 aliphatic rings. The highest BCUT2D eigenvalue weighted by Gasteiger charge is 2.09. The van der Waals surface area contributed by atoms with Gasteiger partial charge < -0.3 is 4.74 Å². The molecular weight excluding hydrogens is 250 g/mol. The Balaban J connectivity index is 3.00. The highest BCUT2D eigenvalue weighted by molar-refractivity contribution is 9.10. The van der Waals surface area contributed by atoms with E-state index < -0.39 is 0 Å². The van der Waals surface area contributed by atoms with Gasteiger partial charge in [0, 0.05) is 12.4 Å². The van der Waals surface area contributed by atoms with Crippen molar-refractivity contribution in [1.82, 2.24) is 4.98 Å². The molecule has 4 heteroatoms. The Morgan fingerprint density at radius 2 is 2.15 bits per heavy atom. The van der Waals surface area contributed by atoms with Gasteiger partial charge in [-0.3, -0.25) is 4.98 Å². The van der Waals surface area contributed by atoms with E-state index >= 15 is 0 Å². The van der Waals surface area contributed by atoms with Gasteiger partial charge in [0.1, 0.15) is 0 Å². The standard InChI is InChI=1S/C9H12BrNOS/c1-6(2)12-9-7(10)4-11-5-8(9)13-3/h4-6H,1-3H3. The molecule has 1 aromatic rings. The van der Waals surface area contributed by atoms with Crippen LogP contribution in [0.2, 0.25) is 0 Å². The zero-order valence-electron chi connectivity index (χ0n) is 7.87. The molecule has 1 heterocycles. The topological polar surface area (TPSA) is 22.1 Å². The van der Waals surface area contributed by atoms with E-state index in [9.17, 15) is 0 Å². The molecule has 0 aliphatic carbocycles. The van der Waals surface area contributed by atoms with Gasteiger partial charge in [-0.25, -0.2) is 0 Å². The zero-order chi connectivity index (χ0) is 9.84. The summed E-state index contributed by atoms with van der Waals surface area (Å²) in [6.45, 7) is 4.02. The minimum Gasteiger partial charge on any atom is -0.489 e. The molecule has 0 atom stereocenters. The van der Waals surface area contributed by atoms with Crippen molar-refractivity contribution in [3.8, 4) is 5.75 Å². The minimum absolute atomic E-state index is 0.185. The molecule has 0 spiro atoms. The Morgan fingerprint density at radius 3 is 2.69 bits per heavy atom. The van der Waals surface area contributed by atoms with E-state index in [1.807, 2.05) is 26.3 Å². The Labute approximate surface area is 91.2 Å². The first-order valence-electron chi connectivity index (χ1n) is 3.99. The Bertz CT molecular complexity index is 291. The highest BCUT2D eigenvalue weighted by atomic mass is 79.9. The molecule has 72 valence electrons. The number of nitrogens with zero attached hydrogens (tertiary/aromatic N) is 1. The number of aromatic nitrogens is 1. The molecule has 1 rings (SSSR count). The summed E-state index contributed by atoms with van der Waals surface area (Å²) in [6.07, 6.45) is 5.76. The molecule has 0 aliphatic heterocycles. The second kappa shape index (κ2) is 4.86. The number of hydrogen-bond acceptors (Lipinski definition) is 3. The van der Waals surface area contributed by atoms with Crippen molar-refractivity contribution in [2.45, 2.75) is 24.8 Å². The van der Waals surface area contributed by atoms with Crippen molar-refractivity contribution >= 4 is 27.7 Å². The van der Waals surface area contributed by atoms with Crippen molar-refractivity contribution in [1.29, 1.82) is 0 Å². The molecule has 0 N–H and O–H groups in total. The second-order valence-electron chi connectivity index (χ2n) is 2.82. The summed E-state index contributed by atoms with van der Waals surface area (Å²) >= 11 is 5.05. The average Bonchev–Trinajstić information content (AvgIpc) is 2.08. The van der Waals surface area contributed by atoms with Crippen LogP contribution in [0.25, 0.3) is 0 Å². The van der Waals surface area contributed by atoms with Gasteiger partial charge in [0.05, 0.1) is 15.5 Å². The van der Waals surface area contributed by atoms with E-state index in [1.165, 1.54) is 0 Å². The van der Waals surface area contributed by atoms with E-state index in [-0.39, 0.29) is 6.10 Å².